The normalized spacial score (nSPS) is 20.3. The minimum Gasteiger partial charge on any atom is -0.508 e. The number of rotatable bonds is 6. The second-order valence-corrected chi connectivity index (χ2v) is 10.6. The minimum atomic E-state index is -0.0621. The highest BCUT2D eigenvalue weighted by molar-refractivity contribution is 5.78. The molecule has 8 heteroatoms. The Balaban J connectivity index is 1.11. The van der Waals surface area contributed by atoms with Crippen molar-refractivity contribution < 1.29 is 9.90 Å². The van der Waals surface area contributed by atoms with Crippen molar-refractivity contribution in [1.29, 1.82) is 0 Å². The average molecular weight is 512 g/mol. The second-order valence-electron chi connectivity index (χ2n) is 10.6. The van der Waals surface area contributed by atoms with Gasteiger partial charge in [0.05, 0.1) is 17.6 Å². The lowest BCUT2D eigenvalue weighted by atomic mass is 9.76. The van der Waals surface area contributed by atoms with Crippen LogP contribution in [0.15, 0.2) is 71.8 Å². The van der Waals surface area contributed by atoms with Gasteiger partial charge in [0, 0.05) is 43.5 Å². The van der Waals surface area contributed by atoms with E-state index in [1.165, 1.54) is 5.56 Å². The average Bonchev–Trinajstić information content (AvgIpc) is 3.26. The molecule has 2 atom stereocenters. The summed E-state index contributed by atoms with van der Waals surface area (Å²) in [5, 5.41) is 13.3. The number of carbonyl (C=O) groups is 1. The molecule has 1 saturated heterocycles. The molecule has 2 aliphatic rings. The number of hydrogen-bond donors (Lipinski definition) is 3. The highest BCUT2D eigenvalue weighted by Crippen LogP contribution is 2.36. The van der Waals surface area contributed by atoms with Crippen LogP contribution in [0.3, 0.4) is 0 Å². The number of likely N-dealkylation sites (tertiary alicyclic amines) is 1. The molecule has 0 bridgehead atoms. The number of benzene rings is 2. The quantitative estimate of drug-likeness (QED) is 0.368. The van der Waals surface area contributed by atoms with Crippen molar-refractivity contribution in [3.8, 4) is 5.75 Å². The third-order valence-electron chi connectivity index (χ3n) is 8.17. The van der Waals surface area contributed by atoms with Crippen LogP contribution in [-0.4, -0.2) is 56.1 Å². The van der Waals surface area contributed by atoms with Gasteiger partial charge in [-0.15, -0.1) is 0 Å². The lowest BCUT2D eigenvalue weighted by molar-refractivity contribution is -0.123. The van der Waals surface area contributed by atoms with E-state index in [0.29, 0.717) is 6.54 Å². The molecule has 0 saturated carbocycles. The van der Waals surface area contributed by atoms with Gasteiger partial charge in [0.15, 0.2) is 0 Å². The van der Waals surface area contributed by atoms with Crippen molar-refractivity contribution in [2.24, 2.45) is 0 Å². The summed E-state index contributed by atoms with van der Waals surface area (Å²) < 4.78 is 1.88. The number of piperidine rings is 1. The SMILES string of the molecule is O=C(CN1CCC(n2c(=O)[nH]c3ccccc32)CC1)N[C@H]1CCc2cc(O)ccc2[C@H]1Cc1cccnc1. The number of amides is 1. The number of aromatic nitrogens is 3. The molecular weight excluding hydrogens is 478 g/mol. The van der Waals surface area contributed by atoms with Crippen LogP contribution in [0, 0.1) is 0 Å². The maximum Gasteiger partial charge on any atom is 0.326 e. The first-order chi connectivity index (χ1) is 18.5. The molecule has 1 aliphatic carbocycles. The third-order valence-corrected chi connectivity index (χ3v) is 8.17. The smallest absolute Gasteiger partial charge is 0.326 e. The molecule has 0 spiro atoms. The zero-order chi connectivity index (χ0) is 26.1. The number of nitrogens with one attached hydrogen (secondary N) is 2. The second kappa shape index (κ2) is 10.5. The molecule has 6 rings (SSSR count). The molecule has 0 radical (unpaired) electrons. The minimum absolute atomic E-state index is 0.0158. The van der Waals surface area contributed by atoms with Crippen LogP contribution < -0.4 is 11.0 Å². The van der Waals surface area contributed by atoms with Gasteiger partial charge in [0.2, 0.25) is 5.91 Å². The van der Waals surface area contributed by atoms with E-state index in [1.807, 2.05) is 53.2 Å². The third kappa shape index (κ3) is 4.96. The fourth-order valence-electron chi connectivity index (χ4n) is 6.33. The summed E-state index contributed by atoms with van der Waals surface area (Å²) in [7, 11) is 0. The Labute approximate surface area is 221 Å². The van der Waals surface area contributed by atoms with Gasteiger partial charge in [-0.1, -0.05) is 24.3 Å². The van der Waals surface area contributed by atoms with E-state index >= 15 is 0 Å². The monoisotopic (exact) mass is 511 g/mol. The molecule has 4 aromatic rings. The largest absolute Gasteiger partial charge is 0.508 e. The molecule has 1 aliphatic heterocycles. The Morgan fingerprint density at radius 1 is 1.08 bits per heavy atom. The number of para-hydroxylation sites is 2. The number of aromatic amines is 1. The molecule has 38 heavy (non-hydrogen) atoms. The summed E-state index contributed by atoms with van der Waals surface area (Å²) in [5.41, 5.74) is 5.22. The summed E-state index contributed by atoms with van der Waals surface area (Å²) in [6, 6.07) is 17.6. The van der Waals surface area contributed by atoms with Gasteiger partial charge in [-0.2, -0.15) is 0 Å². The van der Waals surface area contributed by atoms with Gasteiger partial charge in [0.1, 0.15) is 5.75 Å². The number of carbonyl (C=O) groups excluding carboxylic acids is 1. The number of imidazole rings is 1. The Morgan fingerprint density at radius 3 is 2.74 bits per heavy atom. The first-order valence-electron chi connectivity index (χ1n) is 13.5. The van der Waals surface area contributed by atoms with Crippen LogP contribution in [0.1, 0.15) is 47.9 Å². The van der Waals surface area contributed by atoms with E-state index in [-0.39, 0.29) is 35.3 Å². The molecule has 2 aromatic carbocycles. The fourth-order valence-corrected chi connectivity index (χ4v) is 6.33. The molecule has 3 heterocycles. The summed E-state index contributed by atoms with van der Waals surface area (Å²) in [6.07, 6.45) is 7.76. The van der Waals surface area contributed by atoms with Crippen molar-refractivity contribution in [2.75, 3.05) is 19.6 Å². The number of aromatic hydroxyl groups is 1. The molecule has 2 aromatic heterocycles. The molecule has 3 N–H and O–H groups in total. The van der Waals surface area contributed by atoms with Crippen molar-refractivity contribution in [1.82, 2.24) is 24.8 Å². The highest BCUT2D eigenvalue weighted by atomic mass is 16.3. The predicted octanol–water partition coefficient (Wildman–Crippen LogP) is 3.52. The van der Waals surface area contributed by atoms with Gasteiger partial charge in [-0.05, 0) is 79.1 Å². The van der Waals surface area contributed by atoms with Crippen molar-refractivity contribution in [3.63, 3.8) is 0 Å². The topological polar surface area (TPSA) is 103 Å². The number of pyridine rings is 1. The highest BCUT2D eigenvalue weighted by Gasteiger charge is 2.32. The Hall–Kier alpha value is -3.91. The van der Waals surface area contributed by atoms with Crippen LogP contribution in [0.2, 0.25) is 0 Å². The summed E-state index contributed by atoms with van der Waals surface area (Å²) in [6.45, 7) is 1.90. The molecule has 196 valence electrons. The maximum absolute atomic E-state index is 13.2. The maximum atomic E-state index is 13.2. The molecule has 0 unspecified atom stereocenters. The summed E-state index contributed by atoms with van der Waals surface area (Å²) >= 11 is 0. The molecular formula is C30H33N5O3. The first-order valence-corrected chi connectivity index (χ1v) is 13.5. The van der Waals surface area contributed by atoms with Gasteiger partial charge in [-0.25, -0.2) is 4.79 Å². The Kier molecular flexibility index (Phi) is 6.72. The van der Waals surface area contributed by atoms with Gasteiger partial charge in [-0.3, -0.25) is 19.2 Å². The van der Waals surface area contributed by atoms with Crippen LogP contribution in [-0.2, 0) is 17.6 Å². The van der Waals surface area contributed by atoms with Gasteiger partial charge >= 0.3 is 5.69 Å². The van der Waals surface area contributed by atoms with E-state index in [4.69, 9.17) is 0 Å². The van der Waals surface area contributed by atoms with Crippen molar-refractivity contribution in [2.45, 2.75) is 50.1 Å². The zero-order valence-corrected chi connectivity index (χ0v) is 21.3. The van der Waals surface area contributed by atoms with E-state index in [9.17, 15) is 14.7 Å². The number of fused-ring (bicyclic) bond motifs is 2. The van der Waals surface area contributed by atoms with E-state index < -0.39 is 0 Å². The van der Waals surface area contributed by atoms with Crippen molar-refractivity contribution >= 4 is 16.9 Å². The summed E-state index contributed by atoms with van der Waals surface area (Å²) in [4.78, 5) is 35.2. The Bertz CT molecular complexity index is 1490. The first kappa shape index (κ1) is 24.4. The van der Waals surface area contributed by atoms with E-state index in [2.05, 4.69) is 26.3 Å². The van der Waals surface area contributed by atoms with Crippen LogP contribution in [0.25, 0.3) is 11.0 Å². The number of nitrogens with zero attached hydrogens (tertiary/aromatic N) is 3. The zero-order valence-electron chi connectivity index (χ0n) is 21.3. The number of aryl methyl sites for hydroxylation is 1. The van der Waals surface area contributed by atoms with Crippen LogP contribution in [0.4, 0.5) is 0 Å². The lowest BCUT2D eigenvalue weighted by Crippen LogP contribution is -2.48. The van der Waals surface area contributed by atoms with E-state index in [0.717, 1.165) is 67.4 Å². The molecule has 1 fully saturated rings. The van der Waals surface area contributed by atoms with Crippen molar-refractivity contribution in [3.05, 3.63) is 94.2 Å². The van der Waals surface area contributed by atoms with Gasteiger partial charge < -0.3 is 15.4 Å². The number of phenolic OH excluding ortho intramolecular Hbond substituents is 1. The number of hydrogen-bond acceptors (Lipinski definition) is 5. The standard InChI is InChI=1S/C30H33N5O3/c36-23-8-9-24-21(17-23)7-10-26(25(24)16-20-4-3-13-31-18-20)32-29(37)19-34-14-11-22(12-15-34)35-28-6-2-1-5-27(28)33-30(35)38/h1-6,8-9,13,17-18,22,25-26,36H,7,10-12,14-16,19H2,(H,32,37)(H,33,38)/t25-,26+/m1/s1. The lowest BCUT2D eigenvalue weighted by Gasteiger charge is -2.36. The van der Waals surface area contributed by atoms with Crippen LogP contribution in [0.5, 0.6) is 5.75 Å². The fraction of sp³-hybridized carbons (Fsp3) is 0.367. The number of phenols is 1. The molecule has 1 amide bonds. The Morgan fingerprint density at radius 2 is 1.92 bits per heavy atom. The summed E-state index contributed by atoms with van der Waals surface area (Å²) in [5.74, 6) is 0.438. The van der Waals surface area contributed by atoms with E-state index in [1.54, 1.807) is 12.3 Å². The molecule has 8 nitrogen and oxygen atoms in total. The predicted molar refractivity (Wildman–Crippen MR) is 146 cm³/mol. The number of H-pyrrole nitrogens is 1. The van der Waals surface area contributed by atoms with Crippen LogP contribution >= 0.6 is 0 Å². The van der Waals surface area contributed by atoms with Gasteiger partial charge in [0.25, 0.3) is 0 Å².